The largest absolute Gasteiger partial charge is 0.497 e. The Labute approximate surface area is 188 Å². The highest BCUT2D eigenvalue weighted by Gasteiger charge is 2.30. The molecule has 0 radical (unpaired) electrons. The Bertz CT molecular complexity index is 1240. The zero-order valence-corrected chi connectivity index (χ0v) is 18.6. The van der Waals surface area contributed by atoms with E-state index in [1.165, 1.54) is 11.1 Å². The van der Waals surface area contributed by atoms with Crippen molar-refractivity contribution >= 4 is 5.71 Å². The quantitative estimate of drug-likeness (QED) is 0.418. The van der Waals surface area contributed by atoms with Crippen molar-refractivity contribution in [1.29, 1.82) is 0 Å². The minimum Gasteiger partial charge on any atom is -0.497 e. The Kier molecular flexibility index (Phi) is 5.23. The number of nitrogens with zero attached hydrogens (tertiary/aromatic N) is 4. The third kappa shape index (κ3) is 3.78. The van der Waals surface area contributed by atoms with Gasteiger partial charge in [-0.3, -0.25) is 5.01 Å². The molecule has 0 N–H and O–H groups in total. The topological polar surface area (TPSA) is 42.6 Å². The Balaban J connectivity index is 1.53. The summed E-state index contributed by atoms with van der Waals surface area (Å²) in [6, 6.07) is 27.0. The summed E-state index contributed by atoms with van der Waals surface area (Å²) in [5.74, 6) is 0.850. The highest BCUT2D eigenvalue weighted by molar-refractivity contribution is 6.02. The van der Waals surface area contributed by atoms with E-state index in [1.807, 2.05) is 42.1 Å². The van der Waals surface area contributed by atoms with Gasteiger partial charge in [0.25, 0.3) is 0 Å². The van der Waals surface area contributed by atoms with E-state index < -0.39 is 0 Å². The summed E-state index contributed by atoms with van der Waals surface area (Å²) in [5.41, 5.74) is 7.76. The number of rotatable bonds is 5. The first-order valence-electron chi connectivity index (χ1n) is 10.8. The zero-order valence-electron chi connectivity index (χ0n) is 18.6. The molecule has 2 heterocycles. The maximum atomic E-state index is 5.30. The average molecular weight is 423 g/mol. The maximum absolute atomic E-state index is 5.30. The lowest BCUT2D eigenvalue weighted by Gasteiger charge is -2.18. The summed E-state index contributed by atoms with van der Waals surface area (Å²) in [6.45, 7) is 2.10. The van der Waals surface area contributed by atoms with Crippen LogP contribution in [0.5, 0.6) is 5.75 Å². The van der Waals surface area contributed by atoms with Gasteiger partial charge in [-0.15, -0.1) is 0 Å². The predicted molar refractivity (Wildman–Crippen MR) is 128 cm³/mol. The van der Waals surface area contributed by atoms with E-state index >= 15 is 0 Å². The van der Waals surface area contributed by atoms with Crippen LogP contribution in [0.15, 0.2) is 90.2 Å². The second kappa shape index (κ2) is 8.35. The Morgan fingerprint density at radius 1 is 0.875 bits per heavy atom. The molecule has 0 bridgehead atoms. The zero-order chi connectivity index (χ0) is 22.1. The molecule has 1 aromatic heterocycles. The van der Waals surface area contributed by atoms with E-state index in [9.17, 15) is 0 Å². The summed E-state index contributed by atoms with van der Waals surface area (Å²) in [5, 5.41) is 11.9. The second-order valence-corrected chi connectivity index (χ2v) is 8.15. The van der Waals surface area contributed by atoms with Gasteiger partial charge in [0.1, 0.15) is 5.75 Å². The van der Waals surface area contributed by atoms with Crippen LogP contribution in [0.1, 0.15) is 29.2 Å². The van der Waals surface area contributed by atoms with Crippen LogP contribution < -0.4 is 4.74 Å². The van der Waals surface area contributed by atoms with E-state index in [1.54, 1.807) is 7.11 Å². The van der Waals surface area contributed by atoms with E-state index in [0.717, 1.165) is 40.4 Å². The van der Waals surface area contributed by atoms with Gasteiger partial charge in [0, 0.05) is 30.8 Å². The van der Waals surface area contributed by atoms with Crippen LogP contribution in [-0.2, 0) is 0 Å². The monoisotopic (exact) mass is 422 g/mol. The van der Waals surface area contributed by atoms with E-state index in [2.05, 4.69) is 66.7 Å². The summed E-state index contributed by atoms with van der Waals surface area (Å²) >= 11 is 0. The van der Waals surface area contributed by atoms with Crippen LogP contribution in [0.2, 0.25) is 0 Å². The fourth-order valence-corrected chi connectivity index (χ4v) is 4.17. The number of hydrazone groups is 1. The van der Waals surface area contributed by atoms with Gasteiger partial charge in [-0.25, -0.2) is 4.68 Å². The Morgan fingerprint density at radius 2 is 1.56 bits per heavy atom. The smallest absolute Gasteiger partial charge is 0.118 e. The highest BCUT2D eigenvalue weighted by Crippen LogP contribution is 2.37. The molecule has 1 aliphatic rings. The average Bonchev–Trinajstić information content (AvgIpc) is 3.44. The molecular weight excluding hydrogens is 396 g/mol. The van der Waals surface area contributed by atoms with E-state index in [0.29, 0.717) is 0 Å². The van der Waals surface area contributed by atoms with Gasteiger partial charge in [-0.05, 0) is 48.9 Å². The molecule has 1 aliphatic heterocycles. The number of ether oxygens (including phenoxy) is 1. The third-order valence-electron chi connectivity index (χ3n) is 5.99. The van der Waals surface area contributed by atoms with Crippen LogP contribution >= 0.6 is 0 Å². The van der Waals surface area contributed by atoms with Gasteiger partial charge >= 0.3 is 0 Å². The molecule has 5 nitrogen and oxygen atoms in total. The minimum absolute atomic E-state index is 0.112. The van der Waals surface area contributed by atoms with Gasteiger partial charge in [-0.2, -0.15) is 10.2 Å². The van der Waals surface area contributed by atoms with Gasteiger partial charge in [0.15, 0.2) is 0 Å². The van der Waals surface area contributed by atoms with Crippen molar-refractivity contribution in [3.63, 3.8) is 0 Å². The highest BCUT2D eigenvalue weighted by atomic mass is 16.5. The molecule has 0 spiro atoms. The molecule has 5 heteroatoms. The predicted octanol–water partition coefficient (Wildman–Crippen LogP) is 5.64. The van der Waals surface area contributed by atoms with Crippen molar-refractivity contribution in [2.45, 2.75) is 19.4 Å². The van der Waals surface area contributed by atoms with Crippen molar-refractivity contribution in [1.82, 2.24) is 14.8 Å². The molecule has 3 aromatic carbocycles. The van der Waals surface area contributed by atoms with E-state index in [4.69, 9.17) is 14.9 Å². The van der Waals surface area contributed by atoms with Crippen LogP contribution in [0.3, 0.4) is 0 Å². The number of benzene rings is 3. The number of aromatic nitrogens is 2. The van der Waals surface area contributed by atoms with Crippen LogP contribution in [-0.4, -0.2) is 34.7 Å². The standard InChI is InChI=1S/C27H26N4O/c1-19-9-11-21(12-10-19)27-24(18-31(29-27)22-7-5-4-6-8-22)26-17-25(28-30(26)2)20-13-15-23(32-3)16-14-20/h4-16,18,26H,17H2,1-3H3. The Hall–Kier alpha value is -3.86. The molecular formula is C27H26N4O. The lowest BCUT2D eigenvalue weighted by molar-refractivity contribution is 0.290. The fraction of sp³-hybridized carbons (Fsp3) is 0.185. The van der Waals surface area contributed by atoms with Crippen molar-refractivity contribution in [2.75, 3.05) is 14.2 Å². The first kappa shape index (κ1) is 20.1. The second-order valence-electron chi connectivity index (χ2n) is 8.15. The lowest BCUT2D eigenvalue weighted by atomic mass is 9.96. The first-order chi connectivity index (χ1) is 15.6. The molecule has 160 valence electrons. The lowest BCUT2D eigenvalue weighted by Crippen LogP contribution is -2.14. The van der Waals surface area contributed by atoms with Crippen LogP contribution in [0.4, 0.5) is 0 Å². The molecule has 0 saturated heterocycles. The normalized spacial score (nSPS) is 15.7. The third-order valence-corrected chi connectivity index (χ3v) is 5.99. The number of para-hydroxylation sites is 1. The van der Waals surface area contributed by atoms with Crippen molar-refractivity contribution in [3.8, 4) is 22.7 Å². The van der Waals surface area contributed by atoms with E-state index in [-0.39, 0.29) is 6.04 Å². The fourth-order valence-electron chi connectivity index (χ4n) is 4.17. The molecule has 0 amide bonds. The number of hydrogen-bond acceptors (Lipinski definition) is 4. The van der Waals surface area contributed by atoms with Gasteiger partial charge in [0.05, 0.1) is 30.2 Å². The molecule has 4 aromatic rings. The first-order valence-corrected chi connectivity index (χ1v) is 10.8. The van der Waals surface area contributed by atoms with Crippen molar-refractivity contribution in [3.05, 3.63) is 102 Å². The van der Waals surface area contributed by atoms with Crippen LogP contribution in [0, 0.1) is 6.92 Å². The molecule has 1 atom stereocenters. The van der Waals surface area contributed by atoms with Crippen molar-refractivity contribution in [2.24, 2.45) is 5.10 Å². The molecule has 5 rings (SSSR count). The summed E-state index contributed by atoms with van der Waals surface area (Å²) in [4.78, 5) is 0. The van der Waals surface area contributed by atoms with Crippen LogP contribution in [0.25, 0.3) is 16.9 Å². The number of aryl methyl sites for hydroxylation is 1. The summed E-state index contributed by atoms with van der Waals surface area (Å²) in [7, 11) is 3.73. The SMILES string of the molecule is COc1ccc(C2=NN(C)C(c3cn(-c4ccccc4)nc3-c3ccc(C)cc3)C2)cc1. The maximum Gasteiger partial charge on any atom is 0.118 e. The molecule has 0 fully saturated rings. The van der Waals surface area contributed by atoms with Gasteiger partial charge in [0.2, 0.25) is 0 Å². The van der Waals surface area contributed by atoms with Gasteiger partial charge < -0.3 is 4.74 Å². The molecule has 0 aliphatic carbocycles. The Morgan fingerprint density at radius 3 is 2.25 bits per heavy atom. The van der Waals surface area contributed by atoms with Crippen molar-refractivity contribution < 1.29 is 4.74 Å². The van der Waals surface area contributed by atoms with Gasteiger partial charge in [-0.1, -0.05) is 48.0 Å². The molecule has 32 heavy (non-hydrogen) atoms. The number of hydrogen-bond donors (Lipinski definition) is 0. The minimum atomic E-state index is 0.112. The number of methoxy groups -OCH3 is 1. The molecule has 0 saturated carbocycles. The summed E-state index contributed by atoms with van der Waals surface area (Å²) < 4.78 is 7.28. The molecule has 1 unspecified atom stereocenters. The summed E-state index contributed by atoms with van der Waals surface area (Å²) in [6.07, 6.45) is 2.97.